The second-order valence-corrected chi connectivity index (χ2v) is 6.92. The van der Waals surface area contributed by atoms with Crippen LogP contribution in [-0.4, -0.2) is 66.4 Å². The van der Waals surface area contributed by atoms with E-state index in [9.17, 15) is 19.8 Å². The quantitative estimate of drug-likeness (QED) is 0.800. The molecule has 1 fully saturated rings. The highest BCUT2D eigenvalue weighted by Crippen LogP contribution is 2.36. The molecule has 0 radical (unpaired) electrons. The van der Waals surface area contributed by atoms with Crippen LogP contribution in [0.4, 0.5) is 0 Å². The number of carboxylic acid groups (broad SMARTS) is 1. The van der Waals surface area contributed by atoms with Crippen LogP contribution in [0.2, 0.25) is 0 Å². The summed E-state index contributed by atoms with van der Waals surface area (Å²) in [6.07, 6.45) is 0.235. The van der Waals surface area contributed by atoms with Gasteiger partial charge in [0.1, 0.15) is 5.41 Å². The number of aliphatic hydroxyl groups excluding tert-OH is 1. The summed E-state index contributed by atoms with van der Waals surface area (Å²) in [4.78, 5) is 27.6. The Morgan fingerprint density at radius 3 is 2.56 bits per heavy atom. The van der Waals surface area contributed by atoms with Crippen molar-refractivity contribution in [1.29, 1.82) is 0 Å². The van der Waals surface area contributed by atoms with Crippen LogP contribution in [0.15, 0.2) is 24.3 Å². The van der Waals surface area contributed by atoms with Crippen molar-refractivity contribution in [1.82, 2.24) is 25.1 Å². The number of piperidine rings is 1. The molecule has 1 aliphatic heterocycles. The maximum Gasteiger partial charge on any atom is 0.314 e. The largest absolute Gasteiger partial charge is 0.481 e. The molecule has 0 saturated carbocycles. The van der Waals surface area contributed by atoms with E-state index in [1.807, 2.05) is 6.92 Å². The number of aryl methyl sites for hydroxylation is 1. The van der Waals surface area contributed by atoms with Gasteiger partial charge in [0.25, 0.3) is 5.91 Å². The number of aliphatic carboxylic acids is 1. The molecular formula is C18H23N5O4. The van der Waals surface area contributed by atoms with Gasteiger partial charge in [-0.15, -0.1) is 10.2 Å². The number of likely N-dealkylation sites (tertiary alicyclic amines) is 1. The van der Waals surface area contributed by atoms with Crippen molar-refractivity contribution in [2.45, 2.75) is 32.3 Å². The lowest BCUT2D eigenvalue weighted by Gasteiger charge is -2.43. The van der Waals surface area contributed by atoms with Gasteiger partial charge in [0.2, 0.25) is 5.82 Å². The average Bonchev–Trinajstić information content (AvgIpc) is 3.09. The summed E-state index contributed by atoms with van der Waals surface area (Å²) in [5, 5.41) is 31.9. The minimum atomic E-state index is -1.31. The second kappa shape index (κ2) is 7.43. The lowest BCUT2D eigenvalue weighted by atomic mass is 9.74. The summed E-state index contributed by atoms with van der Waals surface area (Å²) in [5.41, 5.74) is -0.124. The molecule has 1 aliphatic rings. The van der Waals surface area contributed by atoms with Crippen LogP contribution in [0.3, 0.4) is 0 Å². The minimum absolute atomic E-state index is 0.00361. The van der Waals surface area contributed by atoms with Gasteiger partial charge in [-0.3, -0.25) is 9.59 Å². The van der Waals surface area contributed by atoms with E-state index in [1.165, 1.54) is 9.70 Å². The topological polar surface area (TPSA) is 121 Å². The number of carbonyl (C=O) groups excluding carboxylic acids is 1. The normalized spacial score (nSPS) is 22.6. The highest BCUT2D eigenvalue weighted by Gasteiger charge is 2.49. The van der Waals surface area contributed by atoms with Crippen LogP contribution >= 0.6 is 0 Å². The van der Waals surface area contributed by atoms with E-state index in [4.69, 9.17) is 0 Å². The summed E-state index contributed by atoms with van der Waals surface area (Å²) < 4.78 is 0. The summed E-state index contributed by atoms with van der Waals surface area (Å²) in [7, 11) is 1.67. The number of tetrazole rings is 1. The first-order valence-corrected chi connectivity index (χ1v) is 8.92. The molecule has 2 heterocycles. The Balaban J connectivity index is 1.80. The number of rotatable bonds is 5. The van der Waals surface area contributed by atoms with Gasteiger partial charge in [-0.2, -0.15) is 4.80 Å². The Hall–Kier alpha value is -2.81. The predicted molar refractivity (Wildman–Crippen MR) is 95.7 cm³/mol. The lowest BCUT2D eigenvalue weighted by molar-refractivity contribution is -0.162. The minimum Gasteiger partial charge on any atom is -0.481 e. The van der Waals surface area contributed by atoms with Gasteiger partial charge in [0.15, 0.2) is 0 Å². The van der Waals surface area contributed by atoms with E-state index in [0.717, 1.165) is 5.56 Å². The van der Waals surface area contributed by atoms with Crippen molar-refractivity contribution in [3.63, 3.8) is 0 Å². The number of carboxylic acids is 1. The maximum absolute atomic E-state index is 12.9. The van der Waals surface area contributed by atoms with Gasteiger partial charge in [0.05, 0.1) is 13.2 Å². The first-order valence-electron chi connectivity index (χ1n) is 8.92. The number of benzene rings is 1. The molecule has 2 aromatic rings. The lowest BCUT2D eigenvalue weighted by Crippen LogP contribution is -2.57. The Morgan fingerprint density at radius 2 is 2.00 bits per heavy atom. The SMILES string of the molecule is CCC[C@@]1(C(=O)O)CN(C(=O)c2ccc(-c3nnn(C)n3)cc2)CC[C@H]1O. The van der Waals surface area contributed by atoms with E-state index >= 15 is 0 Å². The molecule has 1 saturated heterocycles. The molecule has 1 aromatic heterocycles. The van der Waals surface area contributed by atoms with Gasteiger partial charge in [-0.25, -0.2) is 0 Å². The molecule has 3 rings (SSSR count). The van der Waals surface area contributed by atoms with E-state index in [0.29, 0.717) is 30.8 Å². The second-order valence-electron chi connectivity index (χ2n) is 6.92. The smallest absolute Gasteiger partial charge is 0.314 e. The van der Waals surface area contributed by atoms with E-state index in [1.54, 1.807) is 31.3 Å². The third-order valence-electron chi connectivity index (χ3n) is 5.09. The number of hydrogen-bond acceptors (Lipinski definition) is 6. The molecule has 2 N–H and O–H groups in total. The Labute approximate surface area is 156 Å². The number of nitrogens with zero attached hydrogens (tertiary/aromatic N) is 5. The highest BCUT2D eigenvalue weighted by molar-refractivity contribution is 5.95. The van der Waals surface area contributed by atoms with Crippen LogP contribution < -0.4 is 0 Å². The van der Waals surface area contributed by atoms with Crippen LogP contribution in [0, 0.1) is 5.41 Å². The highest BCUT2D eigenvalue weighted by atomic mass is 16.4. The summed E-state index contributed by atoms with van der Waals surface area (Å²) in [6, 6.07) is 6.81. The van der Waals surface area contributed by atoms with Crippen molar-refractivity contribution in [2.75, 3.05) is 13.1 Å². The van der Waals surface area contributed by atoms with Crippen molar-refractivity contribution in [3.05, 3.63) is 29.8 Å². The van der Waals surface area contributed by atoms with Crippen molar-refractivity contribution in [2.24, 2.45) is 12.5 Å². The molecule has 144 valence electrons. The third kappa shape index (κ3) is 3.55. The molecule has 1 aromatic carbocycles. The average molecular weight is 373 g/mol. The first-order chi connectivity index (χ1) is 12.9. The molecule has 0 aliphatic carbocycles. The third-order valence-corrected chi connectivity index (χ3v) is 5.09. The summed E-state index contributed by atoms with van der Waals surface area (Å²) in [6.45, 7) is 2.20. The Bertz CT molecular complexity index is 835. The molecule has 0 bridgehead atoms. The molecular weight excluding hydrogens is 350 g/mol. The van der Waals surface area contributed by atoms with Gasteiger partial charge < -0.3 is 15.1 Å². The number of aliphatic hydroxyl groups is 1. The zero-order valence-corrected chi connectivity index (χ0v) is 15.4. The zero-order valence-electron chi connectivity index (χ0n) is 15.4. The Morgan fingerprint density at radius 1 is 1.30 bits per heavy atom. The molecule has 9 heteroatoms. The van der Waals surface area contributed by atoms with Gasteiger partial charge in [0, 0.05) is 24.2 Å². The predicted octanol–water partition coefficient (Wildman–Crippen LogP) is 0.955. The number of carbonyl (C=O) groups is 2. The standard InChI is InChI=1S/C18H23N5O4/c1-3-9-18(17(26)27)11-23(10-8-14(18)24)16(25)13-6-4-12(5-7-13)15-19-21-22(2)20-15/h4-7,14,24H,3,8-11H2,1-2H3,(H,26,27)/t14-,18-/m1/s1. The molecule has 0 unspecified atom stereocenters. The molecule has 27 heavy (non-hydrogen) atoms. The van der Waals surface area contributed by atoms with Crippen molar-refractivity contribution in [3.8, 4) is 11.4 Å². The van der Waals surface area contributed by atoms with Gasteiger partial charge in [-0.1, -0.05) is 25.5 Å². The van der Waals surface area contributed by atoms with E-state index < -0.39 is 17.5 Å². The molecule has 2 atom stereocenters. The molecule has 1 amide bonds. The number of amides is 1. The monoisotopic (exact) mass is 373 g/mol. The van der Waals surface area contributed by atoms with Crippen molar-refractivity contribution >= 4 is 11.9 Å². The van der Waals surface area contributed by atoms with Crippen molar-refractivity contribution < 1.29 is 19.8 Å². The molecule has 0 spiro atoms. The molecule has 9 nitrogen and oxygen atoms in total. The maximum atomic E-state index is 12.9. The van der Waals surface area contributed by atoms with E-state index in [-0.39, 0.29) is 18.9 Å². The fourth-order valence-electron chi connectivity index (χ4n) is 3.61. The first kappa shape index (κ1) is 19.0. The number of hydrogen-bond donors (Lipinski definition) is 2. The van der Waals surface area contributed by atoms with Crippen LogP contribution in [0.5, 0.6) is 0 Å². The zero-order chi connectivity index (χ0) is 19.6. The summed E-state index contributed by atoms with van der Waals surface area (Å²) in [5.74, 6) is -0.842. The van der Waals surface area contributed by atoms with E-state index in [2.05, 4.69) is 15.4 Å². The van der Waals surface area contributed by atoms with Crippen LogP contribution in [-0.2, 0) is 11.8 Å². The summed E-state index contributed by atoms with van der Waals surface area (Å²) >= 11 is 0. The van der Waals surface area contributed by atoms with Crippen LogP contribution in [0.1, 0.15) is 36.5 Å². The van der Waals surface area contributed by atoms with Gasteiger partial charge >= 0.3 is 5.97 Å². The Kier molecular flexibility index (Phi) is 5.22. The number of aromatic nitrogens is 4. The fourth-order valence-corrected chi connectivity index (χ4v) is 3.61. The van der Waals surface area contributed by atoms with Crippen LogP contribution in [0.25, 0.3) is 11.4 Å². The fraction of sp³-hybridized carbons (Fsp3) is 0.500. The van der Waals surface area contributed by atoms with Gasteiger partial charge in [-0.05, 0) is 30.2 Å².